The van der Waals surface area contributed by atoms with Crippen LogP contribution in [0.3, 0.4) is 0 Å². The molecule has 4 nitrogen and oxygen atoms in total. The Morgan fingerprint density at radius 3 is 2.68 bits per heavy atom. The fraction of sp³-hybridized carbons (Fsp3) is 0.350. The van der Waals surface area contributed by atoms with Gasteiger partial charge in [-0.15, -0.1) is 0 Å². The summed E-state index contributed by atoms with van der Waals surface area (Å²) >= 11 is 6.22. The summed E-state index contributed by atoms with van der Waals surface area (Å²) in [6, 6.07) is 8.21. The number of hydrogen-bond donors (Lipinski definition) is 0. The Morgan fingerprint density at radius 2 is 1.96 bits per heavy atom. The number of halogens is 1. The zero-order chi connectivity index (χ0) is 18.0. The van der Waals surface area contributed by atoms with E-state index < -0.39 is 0 Å². The molecule has 0 aliphatic rings. The van der Waals surface area contributed by atoms with Crippen molar-refractivity contribution in [3.63, 3.8) is 0 Å². The number of aromatic nitrogens is 4. The second-order valence-electron chi connectivity index (χ2n) is 6.30. The number of para-hydroxylation sites is 1. The van der Waals surface area contributed by atoms with E-state index in [0.717, 1.165) is 46.5 Å². The first kappa shape index (κ1) is 17.6. The summed E-state index contributed by atoms with van der Waals surface area (Å²) in [6.45, 7) is 8.48. The quantitative estimate of drug-likeness (QED) is 0.576. The first-order valence-electron chi connectivity index (χ1n) is 8.74. The van der Waals surface area contributed by atoms with Gasteiger partial charge in [-0.3, -0.25) is 0 Å². The Bertz CT molecular complexity index is 927. The maximum Gasteiger partial charge on any atom is 0.224 e. The van der Waals surface area contributed by atoms with Gasteiger partial charge >= 0.3 is 0 Å². The largest absolute Gasteiger partial charge is 0.224 e. The van der Waals surface area contributed by atoms with Crippen molar-refractivity contribution in [1.82, 2.24) is 19.7 Å². The summed E-state index contributed by atoms with van der Waals surface area (Å²) in [4.78, 5) is 8.87. The highest BCUT2D eigenvalue weighted by atomic mass is 35.5. The van der Waals surface area contributed by atoms with Gasteiger partial charge in [0, 0.05) is 10.9 Å². The summed E-state index contributed by atoms with van der Waals surface area (Å²) < 4.78 is 1.89. The van der Waals surface area contributed by atoms with Crippen molar-refractivity contribution in [3.8, 4) is 5.82 Å². The predicted octanol–water partition coefficient (Wildman–Crippen LogP) is 5.40. The van der Waals surface area contributed by atoms with Crippen LogP contribution >= 0.6 is 11.6 Å². The van der Waals surface area contributed by atoms with Gasteiger partial charge in [0.05, 0.1) is 16.9 Å². The second-order valence-corrected chi connectivity index (χ2v) is 6.64. The monoisotopic (exact) mass is 354 g/mol. The molecule has 1 aromatic carbocycles. The third-order valence-corrected chi connectivity index (χ3v) is 4.73. The van der Waals surface area contributed by atoms with Gasteiger partial charge in [-0.05, 0) is 43.0 Å². The number of hydrogen-bond acceptors (Lipinski definition) is 3. The van der Waals surface area contributed by atoms with Gasteiger partial charge in [-0.1, -0.05) is 51.5 Å². The van der Waals surface area contributed by atoms with Crippen molar-refractivity contribution in [2.45, 2.75) is 40.5 Å². The molecule has 0 saturated carbocycles. The van der Waals surface area contributed by atoms with Crippen molar-refractivity contribution in [2.24, 2.45) is 5.92 Å². The molecule has 130 valence electrons. The van der Waals surface area contributed by atoms with Gasteiger partial charge < -0.3 is 0 Å². The van der Waals surface area contributed by atoms with Crippen LogP contribution in [0.25, 0.3) is 22.8 Å². The lowest BCUT2D eigenvalue weighted by atomic mass is 10.1. The minimum atomic E-state index is 0.238. The van der Waals surface area contributed by atoms with Crippen molar-refractivity contribution in [2.75, 3.05) is 0 Å². The van der Waals surface area contributed by atoms with Gasteiger partial charge in [-0.2, -0.15) is 10.1 Å². The molecule has 5 heteroatoms. The molecule has 2 aromatic heterocycles. The van der Waals surface area contributed by atoms with Crippen LogP contribution < -0.4 is 0 Å². The highest BCUT2D eigenvalue weighted by Crippen LogP contribution is 2.25. The fourth-order valence-corrected chi connectivity index (χ4v) is 2.98. The van der Waals surface area contributed by atoms with E-state index in [1.165, 1.54) is 0 Å². The Kier molecular flexibility index (Phi) is 5.19. The van der Waals surface area contributed by atoms with Gasteiger partial charge in [0.2, 0.25) is 5.28 Å². The van der Waals surface area contributed by atoms with E-state index in [-0.39, 0.29) is 5.28 Å². The van der Waals surface area contributed by atoms with E-state index in [1.54, 1.807) is 0 Å². The van der Waals surface area contributed by atoms with Gasteiger partial charge in [0.15, 0.2) is 5.82 Å². The topological polar surface area (TPSA) is 43.6 Å². The first-order chi connectivity index (χ1) is 12.0. The Balaban J connectivity index is 2.18. The number of allylic oxidation sites excluding steroid dienone is 1. The number of aryl methyl sites for hydroxylation is 1. The second kappa shape index (κ2) is 7.36. The molecule has 3 aromatic rings. The summed E-state index contributed by atoms with van der Waals surface area (Å²) in [7, 11) is 0. The molecule has 3 rings (SSSR count). The number of benzene rings is 1. The van der Waals surface area contributed by atoms with Crippen LogP contribution in [0.2, 0.25) is 5.28 Å². The van der Waals surface area contributed by atoms with E-state index >= 15 is 0 Å². The average molecular weight is 355 g/mol. The maximum absolute atomic E-state index is 6.22. The molecular weight excluding hydrogens is 332 g/mol. The Morgan fingerprint density at radius 1 is 1.20 bits per heavy atom. The van der Waals surface area contributed by atoms with Crippen molar-refractivity contribution in [3.05, 3.63) is 52.6 Å². The maximum atomic E-state index is 6.22. The number of nitrogens with zero attached hydrogens (tertiary/aromatic N) is 4. The lowest BCUT2D eigenvalue weighted by molar-refractivity contribution is 0.701. The smallest absolute Gasteiger partial charge is 0.218 e. The lowest BCUT2D eigenvalue weighted by Gasteiger charge is -2.10. The molecule has 0 saturated heterocycles. The van der Waals surface area contributed by atoms with E-state index in [2.05, 4.69) is 48.9 Å². The fourth-order valence-electron chi connectivity index (χ4n) is 2.81. The summed E-state index contributed by atoms with van der Waals surface area (Å²) in [5.41, 5.74) is 3.91. The van der Waals surface area contributed by atoms with Crippen LogP contribution in [-0.4, -0.2) is 19.7 Å². The van der Waals surface area contributed by atoms with E-state index in [9.17, 15) is 0 Å². The lowest BCUT2D eigenvalue weighted by Crippen LogP contribution is -2.06. The Labute approximate surface area is 153 Å². The van der Waals surface area contributed by atoms with Crippen LogP contribution in [0.5, 0.6) is 0 Å². The first-order valence-corrected chi connectivity index (χ1v) is 9.12. The van der Waals surface area contributed by atoms with Gasteiger partial charge in [0.25, 0.3) is 0 Å². The summed E-state index contributed by atoms with van der Waals surface area (Å²) in [5, 5.41) is 6.16. The summed E-state index contributed by atoms with van der Waals surface area (Å²) in [5.74, 6) is 1.23. The van der Waals surface area contributed by atoms with E-state index in [1.807, 2.05) is 29.8 Å². The molecule has 1 unspecified atom stereocenters. The van der Waals surface area contributed by atoms with Crippen LogP contribution in [0.15, 0.2) is 30.3 Å². The Hall–Kier alpha value is -2.20. The summed E-state index contributed by atoms with van der Waals surface area (Å²) in [6.07, 6.45) is 6.15. The molecular formula is C20H23ClN4. The average Bonchev–Trinajstić information content (AvgIpc) is 3.00. The van der Waals surface area contributed by atoms with Crippen molar-refractivity contribution < 1.29 is 0 Å². The van der Waals surface area contributed by atoms with Crippen LogP contribution in [0.4, 0.5) is 0 Å². The standard InChI is InChI=1S/C20H23ClN4/c1-5-13(3)11-12-17-14(4)19(23-20(21)22-17)25-18-10-8-7-9-15(18)16(6-2)24-25/h7-13H,5-6H2,1-4H3/b12-11-. The normalized spacial score (nSPS) is 13.0. The molecule has 0 spiro atoms. The van der Waals surface area contributed by atoms with Gasteiger partial charge in [-0.25, -0.2) is 9.67 Å². The molecule has 0 aliphatic heterocycles. The number of rotatable bonds is 5. The van der Waals surface area contributed by atoms with E-state index in [0.29, 0.717) is 5.92 Å². The van der Waals surface area contributed by atoms with Crippen LogP contribution in [0, 0.1) is 12.8 Å². The molecule has 25 heavy (non-hydrogen) atoms. The molecule has 0 bridgehead atoms. The minimum Gasteiger partial charge on any atom is -0.218 e. The van der Waals surface area contributed by atoms with E-state index in [4.69, 9.17) is 16.7 Å². The van der Waals surface area contributed by atoms with Crippen molar-refractivity contribution >= 4 is 28.6 Å². The SMILES string of the molecule is CCc1nn(-c2nc(Cl)nc(/C=C\C(C)CC)c2C)c2ccccc12. The highest BCUT2D eigenvalue weighted by Gasteiger charge is 2.16. The zero-order valence-corrected chi connectivity index (χ0v) is 15.9. The highest BCUT2D eigenvalue weighted by molar-refractivity contribution is 6.28. The van der Waals surface area contributed by atoms with Crippen LogP contribution in [0.1, 0.15) is 44.1 Å². The molecule has 0 aliphatic carbocycles. The zero-order valence-electron chi connectivity index (χ0n) is 15.1. The molecule has 0 amide bonds. The van der Waals surface area contributed by atoms with Crippen LogP contribution in [-0.2, 0) is 6.42 Å². The molecule has 1 atom stereocenters. The minimum absolute atomic E-state index is 0.238. The number of fused-ring (bicyclic) bond motifs is 1. The third-order valence-electron chi connectivity index (χ3n) is 4.56. The van der Waals surface area contributed by atoms with Crippen molar-refractivity contribution in [1.29, 1.82) is 0 Å². The molecule has 0 radical (unpaired) electrons. The molecule has 2 heterocycles. The predicted molar refractivity (Wildman–Crippen MR) is 104 cm³/mol. The van der Waals surface area contributed by atoms with Gasteiger partial charge in [0.1, 0.15) is 0 Å². The molecule has 0 fully saturated rings. The third kappa shape index (κ3) is 3.45. The molecule has 0 N–H and O–H groups in total.